The van der Waals surface area contributed by atoms with Gasteiger partial charge < -0.3 is 10.6 Å². The largest absolute Gasteiger partial charge is 0.323 e. The number of benzene rings is 1. The first-order valence-electron chi connectivity index (χ1n) is 5.24. The van der Waals surface area contributed by atoms with E-state index >= 15 is 0 Å². The van der Waals surface area contributed by atoms with Gasteiger partial charge in [-0.25, -0.2) is 9.18 Å². The molecule has 0 spiro atoms. The van der Waals surface area contributed by atoms with Crippen molar-refractivity contribution < 1.29 is 9.18 Å². The van der Waals surface area contributed by atoms with Crippen LogP contribution < -0.4 is 10.6 Å². The minimum absolute atomic E-state index is 0.359. The second-order valence-electron chi connectivity index (χ2n) is 3.81. The van der Waals surface area contributed by atoms with Gasteiger partial charge in [-0.1, -0.05) is 12.1 Å². The summed E-state index contributed by atoms with van der Waals surface area (Å²) >= 11 is 0. The number of allylic oxidation sites excluding steroid dienone is 1. The Morgan fingerprint density at radius 3 is 2.94 bits per heavy atom. The zero-order valence-electron chi connectivity index (χ0n) is 8.74. The zero-order valence-corrected chi connectivity index (χ0v) is 8.74. The first kappa shape index (κ1) is 10.7. The van der Waals surface area contributed by atoms with Gasteiger partial charge in [-0.05, 0) is 37.0 Å². The Bertz CT molecular complexity index is 413. The Morgan fingerprint density at radius 2 is 2.25 bits per heavy atom. The van der Waals surface area contributed by atoms with Crippen molar-refractivity contribution in [3.63, 3.8) is 0 Å². The average molecular weight is 220 g/mol. The molecule has 0 bridgehead atoms. The summed E-state index contributed by atoms with van der Waals surface area (Å²) in [5.74, 6) is 0.251. The van der Waals surface area contributed by atoms with Gasteiger partial charge in [0.1, 0.15) is 5.82 Å². The van der Waals surface area contributed by atoms with Crippen LogP contribution in [-0.4, -0.2) is 6.03 Å². The van der Waals surface area contributed by atoms with Crippen LogP contribution in [-0.2, 0) is 0 Å². The summed E-state index contributed by atoms with van der Waals surface area (Å²) < 4.78 is 12.8. The summed E-state index contributed by atoms with van der Waals surface area (Å²) in [7, 11) is 0. The van der Waals surface area contributed by atoms with Gasteiger partial charge in [-0.15, -0.1) is 0 Å². The van der Waals surface area contributed by atoms with Crippen LogP contribution in [0.3, 0.4) is 0 Å². The van der Waals surface area contributed by atoms with E-state index in [2.05, 4.69) is 10.6 Å². The maximum Gasteiger partial charge on any atom is 0.323 e. The van der Waals surface area contributed by atoms with Crippen molar-refractivity contribution in [2.45, 2.75) is 12.8 Å². The molecule has 2 amide bonds. The molecule has 2 rings (SSSR count). The molecule has 16 heavy (non-hydrogen) atoms. The monoisotopic (exact) mass is 220 g/mol. The van der Waals surface area contributed by atoms with E-state index in [1.165, 1.54) is 25.0 Å². The van der Waals surface area contributed by atoms with Crippen LogP contribution >= 0.6 is 0 Å². The molecule has 0 aliphatic heterocycles. The van der Waals surface area contributed by atoms with Crippen molar-refractivity contribution in [1.29, 1.82) is 0 Å². The third-order valence-electron chi connectivity index (χ3n) is 2.29. The van der Waals surface area contributed by atoms with E-state index in [9.17, 15) is 9.18 Å². The van der Waals surface area contributed by atoms with Gasteiger partial charge in [-0.2, -0.15) is 0 Å². The Hall–Kier alpha value is -1.84. The van der Waals surface area contributed by atoms with Crippen LogP contribution in [0.1, 0.15) is 12.8 Å². The fourth-order valence-corrected chi connectivity index (χ4v) is 1.28. The molecule has 2 N–H and O–H groups in total. The number of hydrogen-bond acceptors (Lipinski definition) is 1. The Labute approximate surface area is 93.4 Å². The van der Waals surface area contributed by atoms with Gasteiger partial charge >= 0.3 is 6.03 Å². The molecule has 0 saturated heterocycles. The lowest BCUT2D eigenvalue weighted by molar-refractivity contribution is 0.255. The molecule has 1 aromatic carbocycles. The van der Waals surface area contributed by atoms with Gasteiger partial charge in [0.15, 0.2) is 0 Å². The molecular weight excluding hydrogens is 207 g/mol. The molecule has 0 radical (unpaired) electrons. The van der Waals surface area contributed by atoms with E-state index < -0.39 is 0 Å². The molecule has 0 unspecified atom stereocenters. The van der Waals surface area contributed by atoms with Crippen LogP contribution in [0, 0.1) is 11.7 Å². The highest BCUT2D eigenvalue weighted by Gasteiger charge is 2.16. The number of urea groups is 1. The molecule has 0 atom stereocenters. The van der Waals surface area contributed by atoms with Gasteiger partial charge in [-0.3, -0.25) is 0 Å². The van der Waals surface area contributed by atoms with Gasteiger partial charge in [0, 0.05) is 11.9 Å². The predicted molar refractivity (Wildman–Crippen MR) is 60.4 cm³/mol. The highest BCUT2D eigenvalue weighted by molar-refractivity contribution is 5.89. The van der Waals surface area contributed by atoms with E-state index in [4.69, 9.17) is 0 Å². The minimum Gasteiger partial charge on any atom is -0.315 e. The molecule has 84 valence electrons. The van der Waals surface area contributed by atoms with Gasteiger partial charge in [0.25, 0.3) is 0 Å². The Morgan fingerprint density at radius 1 is 1.44 bits per heavy atom. The summed E-state index contributed by atoms with van der Waals surface area (Å²) in [4.78, 5) is 11.3. The number of anilines is 1. The van der Waals surface area contributed by atoms with E-state index in [0.717, 1.165) is 0 Å². The molecular formula is C12H13FN2O. The molecule has 1 fully saturated rings. The van der Waals surface area contributed by atoms with Crippen LogP contribution in [0.4, 0.5) is 14.9 Å². The predicted octanol–water partition coefficient (Wildman–Crippen LogP) is 2.87. The maximum absolute atomic E-state index is 12.8. The fraction of sp³-hybridized carbons (Fsp3) is 0.250. The molecule has 1 saturated carbocycles. The summed E-state index contributed by atoms with van der Waals surface area (Å²) in [6.45, 7) is 0. The van der Waals surface area contributed by atoms with Crippen LogP contribution in [0.25, 0.3) is 0 Å². The highest BCUT2D eigenvalue weighted by atomic mass is 19.1. The second kappa shape index (κ2) is 4.79. The summed E-state index contributed by atoms with van der Waals surface area (Å²) in [5, 5.41) is 5.10. The number of amides is 2. The third-order valence-corrected chi connectivity index (χ3v) is 2.29. The lowest BCUT2D eigenvalue weighted by Crippen LogP contribution is -2.23. The number of halogens is 1. The first-order chi connectivity index (χ1) is 7.74. The highest BCUT2D eigenvalue weighted by Crippen LogP contribution is 2.29. The quantitative estimate of drug-likeness (QED) is 0.808. The number of nitrogens with one attached hydrogen (secondary N) is 2. The van der Waals surface area contributed by atoms with Gasteiger partial charge in [0.2, 0.25) is 0 Å². The van der Waals surface area contributed by atoms with E-state index in [-0.39, 0.29) is 11.8 Å². The topological polar surface area (TPSA) is 41.1 Å². The number of rotatable bonds is 3. The lowest BCUT2D eigenvalue weighted by Gasteiger charge is -2.03. The van der Waals surface area contributed by atoms with Crippen LogP contribution in [0.5, 0.6) is 0 Å². The molecule has 3 nitrogen and oxygen atoms in total. The average Bonchev–Trinajstić information content (AvgIpc) is 3.01. The zero-order chi connectivity index (χ0) is 11.4. The molecule has 0 heterocycles. The van der Waals surface area contributed by atoms with Crippen molar-refractivity contribution in [1.82, 2.24) is 5.32 Å². The van der Waals surface area contributed by atoms with Crippen LogP contribution in [0.15, 0.2) is 36.5 Å². The lowest BCUT2D eigenvalue weighted by atomic mass is 10.3. The maximum atomic E-state index is 12.8. The summed E-state index contributed by atoms with van der Waals surface area (Å²) in [6.07, 6.45) is 5.99. The molecule has 1 aromatic rings. The SMILES string of the molecule is O=C(N/C=C/C1CC1)Nc1cccc(F)c1. The second-order valence-corrected chi connectivity index (χ2v) is 3.81. The minimum atomic E-state index is -0.369. The molecule has 0 aromatic heterocycles. The Balaban J connectivity index is 1.81. The fourth-order valence-electron chi connectivity index (χ4n) is 1.28. The van der Waals surface area contributed by atoms with E-state index in [1.54, 1.807) is 18.3 Å². The van der Waals surface area contributed by atoms with Crippen LogP contribution in [0.2, 0.25) is 0 Å². The normalized spacial score (nSPS) is 15.1. The van der Waals surface area contributed by atoms with Crippen molar-refractivity contribution in [3.8, 4) is 0 Å². The summed E-state index contributed by atoms with van der Waals surface area (Å²) in [5.41, 5.74) is 0.442. The van der Waals surface area contributed by atoms with Crippen molar-refractivity contribution in [3.05, 3.63) is 42.4 Å². The van der Waals surface area contributed by atoms with Crippen molar-refractivity contribution in [2.75, 3.05) is 5.32 Å². The number of hydrogen-bond donors (Lipinski definition) is 2. The molecule has 1 aliphatic carbocycles. The van der Waals surface area contributed by atoms with E-state index in [1.807, 2.05) is 6.08 Å². The third kappa shape index (κ3) is 3.38. The smallest absolute Gasteiger partial charge is 0.315 e. The van der Waals surface area contributed by atoms with Crippen molar-refractivity contribution >= 4 is 11.7 Å². The van der Waals surface area contributed by atoms with Crippen molar-refractivity contribution in [2.24, 2.45) is 5.92 Å². The first-order valence-corrected chi connectivity index (χ1v) is 5.24. The molecule has 4 heteroatoms. The van der Waals surface area contributed by atoms with Gasteiger partial charge in [0.05, 0.1) is 0 Å². The number of carbonyl (C=O) groups is 1. The summed E-state index contributed by atoms with van der Waals surface area (Å²) in [6, 6.07) is 5.42. The molecule has 1 aliphatic rings. The van der Waals surface area contributed by atoms with E-state index in [0.29, 0.717) is 11.6 Å². The Kier molecular flexibility index (Phi) is 3.19. The number of carbonyl (C=O) groups excluding carboxylic acids is 1. The standard InChI is InChI=1S/C12H13FN2O/c13-10-2-1-3-11(8-10)15-12(16)14-7-6-9-4-5-9/h1-3,6-9H,4-5H2,(H2,14,15,16)/b7-6+.